The van der Waals surface area contributed by atoms with Crippen molar-refractivity contribution in [3.8, 4) is 57.5 Å². The molecule has 32 nitrogen and oxygen atoms in total. The van der Waals surface area contributed by atoms with Crippen LogP contribution < -0.4 is 115 Å². The minimum absolute atomic E-state index is 0. The molecule has 10 aliphatic rings. The van der Waals surface area contributed by atoms with Gasteiger partial charge in [0.1, 0.15) is 11.6 Å². The Hall–Kier alpha value is -14.1. The number of benzene rings is 12. The van der Waals surface area contributed by atoms with Gasteiger partial charge in [0.25, 0.3) is 0 Å². The molecule has 11 heterocycles. The molecule has 0 spiro atoms. The van der Waals surface area contributed by atoms with Gasteiger partial charge < -0.3 is 125 Å². The molecule has 23 rings (SSSR count). The number of para-hydroxylation sites is 3. The van der Waals surface area contributed by atoms with E-state index in [4.69, 9.17) is 23.7 Å². The second-order valence-corrected chi connectivity index (χ2v) is 33.6. The van der Waals surface area contributed by atoms with E-state index in [1.807, 2.05) is 394 Å². The van der Waals surface area contributed by atoms with Crippen LogP contribution in [0, 0.1) is 125 Å². The maximum Gasteiger partial charge on any atom is 4.00 e. The van der Waals surface area contributed by atoms with E-state index in [9.17, 15) is 0 Å². The van der Waals surface area contributed by atoms with Gasteiger partial charge in [-0.1, -0.05) is 87.8 Å². The molecule has 0 amide bonds. The van der Waals surface area contributed by atoms with Crippen molar-refractivity contribution < 1.29 is 129 Å². The van der Waals surface area contributed by atoms with Gasteiger partial charge in [0.05, 0.1) is 0 Å². The fourth-order valence-electron chi connectivity index (χ4n) is 15.3. The molecular weight excluding hydrogens is 2750 g/mol. The van der Waals surface area contributed by atoms with Crippen molar-refractivity contribution in [3.05, 3.63) is 442 Å². The van der Waals surface area contributed by atoms with E-state index >= 15 is 0 Å². The predicted molar refractivity (Wildman–Crippen MR) is 548 cm³/mol. The first-order valence-electron chi connectivity index (χ1n) is 45.1. The summed E-state index contributed by atoms with van der Waals surface area (Å²) in [7, 11) is 17.4. The number of anilines is 15. The zero-order valence-corrected chi connectivity index (χ0v) is 92.7. The molecule has 0 fully saturated rings. The van der Waals surface area contributed by atoms with Crippen LogP contribution in [0.2, 0.25) is 0 Å². The minimum Gasteiger partial charge on any atom is -0.511 e. The fourth-order valence-corrected chi connectivity index (χ4v) is 15.3. The maximum atomic E-state index is 6.18. The molecule has 0 saturated carbocycles. The molecule has 147 heavy (non-hydrogen) atoms. The third-order valence-electron chi connectivity index (χ3n) is 22.3. The molecule has 752 valence electrons. The van der Waals surface area contributed by atoms with Crippen LogP contribution >= 0.6 is 0 Å². The van der Waals surface area contributed by atoms with Gasteiger partial charge in [0.15, 0.2) is 0 Å². The normalized spacial score (nSPS) is 15.5. The Morgan fingerprint density at radius 1 is 0.259 bits per heavy atom. The van der Waals surface area contributed by atoms with E-state index in [1.54, 1.807) is 68.9 Å². The average Bonchev–Trinajstić information content (AvgIpc) is 1.70. The van der Waals surface area contributed by atoms with Gasteiger partial charge >= 0.3 is 105 Å². The van der Waals surface area contributed by atoms with Crippen LogP contribution in [-0.4, -0.2) is 109 Å². The summed E-state index contributed by atoms with van der Waals surface area (Å²) in [6.45, 7) is 16.5. The summed E-state index contributed by atoms with van der Waals surface area (Å²) >= 11 is 0. The van der Waals surface area contributed by atoms with Gasteiger partial charge in [0, 0.05) is 93.4 Å². The summed E-state index contributed by atoms with van der Waals surface area (Å²) in [6.07, 6.45) is 39.4. The summed E-state index contributed by atoms with van der Waals surface area (Å²) in [4.78, 5) is 28.9. The first-order valence-corrected chi connectivity index (χ1v) is 45.1. The molecule has 0 unspecified atom stereocenters. The molecule has 1 aromatic heterocycles. The van der Waals surface area contributed by atoms with Crippen LogP contribution in [0.25, 0.3) is 0 Å². The Labute approximate surface area is 932 Å². The predicted octanol–water partition coefficient (Wildman–Crippen LogP) is 18.7. The topological polar surface area (TPSA) is 197 Å². The molecule has 37 heteroatoms. The van der Waals surface area contributed by atoms with E-state index in [0.717, 1.165) is 85.6 Å². The van der Waals surface area contributed by atoms with Gasteiger partial charge in [-0.15, -0.1) is 194 Å². The second kappa shape index (κ2) is 49.8. The standard InChI is InChI=1S/C24H19N5O.C23H19N5O.C23H25N5O.C21H17N7O.C19H17N5O.5Pt/c1-26-25-13-14-29(26)22-10-6-12-24(18-22)30-23-11-5-9-21(17-23)28-16-15-27(19-28)20-7-3-2-4-8-20;1-25-17-27(23-12-4-3-11-22(23)25)18-7-5-9-20(15-18)29-21-10-6-8-19(16-21)28-14-13-24-26(28)2;1-23(2,3)18-13-20(27-12-11-25(4)17-27)16-22(14-18)29-21-8-6-7-19(15-21)28-10-9-24-26(28)5;1-25-15-27(21-20(25)22-9-10-23-21)16-5-3-7-18(13-16)29-19-8-4-6-17(14-19)28-12-11-24-26(28)2;1-21-11-12-23(15-21)16-5-3-7-18(13-16)25-19-8-4-6-17(14-19)24-10-9-20-22(24)2;;;;;/h2-13,15-16,19,25H,1H3;3-13,17,24H,1-2H3;6-9,11-14,17,24H,1-5H3;3-11,15,24H,1-2H3;3-9,11-12,15,20H,1-2H3;;;;;/q5*-4;5*+4. The number of hydrogen-bond donors (Lipinski definition) is 5. The zero-order valence-electron chi connectivity index (χ0n) is 81.3. The molecule has 12 aromatic carbocycles. The Balaban J connectivity index is 0.000000144. The summed E-state index contributed by atoms with van der Waals surface area (Å²) in [6, 6.07) is 108. The molecular formula is C110H97N27O5Pt5. The number of hydrogen-bond acceptors (Lipinski definition) is 32. The summed E-state index contributed by atoms with van der Waals surface area (Å²) in [5, 5.41) is 18.1. The quantitative estimate of drug-likeness (QED) is 0.0426. The monoisotopic (exact) mass is 2850 g/mol. The molecule has 0 radical (unpaired) electrons. The van der Waals surface area contributed by atoms with Gasteiger partial charge in [-0.3, -0.25) is 0 Å². The molecule has 13 aromatic rings. The van der Waals surface area contributed by atoms with Gasteiger partial charge in [0.2, 0.25) is 0 Å². The molecule has 5 N–H and O–H groups in total. The van der Waals surface area contributed by atoms with Crippen molar-refractivity contribution in [2.24, 2.45) is 0 Å². The second-order valence-electron chi connectivity index (χ2n) is 33.6. The Bertz CT molecular complexity index is 6720. The number of nitrogens with one attached hydrogen (secondary N) is 5. The van der Waals surface area contributed by atoms with Crippen molar-refractivity contribution in [1.29, 1.82) is 0 Å². The number of nitrogens with zero attached hydrogens (tertiary/aromatic N) is 22. The first-order chi connectivity index (χ1) is 69.1. The largest absolute Gasteiger partial charge is 4.00 e. The van der Waals surface area contributed by atoms with Crippen molar-refractivity contribution in [3.63, 3.8) is 0 Å². The van der Waals surface area contributed by atoms with Crippen LogP contribution in [0.5, 0.6) is 57.5 Å². The average molecular weight is 2850 g/mol. The third-order valence-corrected chi connectivity index (χ3v) is 22.3. The maximum absolute atomic E-state index is 6.18. The SMILES string of the molecule is CN1C=CN(c2[c-]c(Oc3[c-]c(N4[C-]=CNN4C)ccc3)cc(C(C)(C)C)c2)[CH-]1.CN1C=CN(c2[c-]c(Oc3[c-]c(N4[C-]=CNN4C)ccc3)ccc2)[CH-]1.CN1NC=[C-]N1c1[c-]c(Oc2[c-]c(N3C=CN(c4ccccc4)[CH-]3)ccc2)ccc1.CN1[CH-]N(c2[c-]c(Oc3[c-]c(N4[C-]=CNN4C)ccc3)ccc2)c2ccccc21.CN1[CH-]N(c2[c-]c(Oc3[c-]c(N4[C-]=CNN4C)ccc3)ccc2)c2nccnc21.[Pt+4].[Pt+4].[Pt+4].[Pt+4].[Pt+4]. The van der Waals surface area contributed by atoms with Crippen LogP contribution in [-0.2, 0) is 111 Å². The van der Waals surface area contributed by atoms with Crippen LogP contribution in [0.1, 0.15) is 26.3 Å². The van der Waals surface area contributed by atoms with Crippen LogP contribution in [0.15, 0.2) is 311 Å². The summed E-state index contributed by atoms with van der Waals surface area (Å²) in [5.41, 5.74) is 28.2. The van der Waals surface area contributed by atoms with Crippen LogP contribution in [0.4, 0.5) is 85.6 Å². The molecule has 0 bridgehead atoms. The molecule has 0 saturated heterocycles. The number of hydrazine groups is 10. The number of aromatic nitrogens is 2. The molecule has 0 atom stereocenters. The molecule has 10 aliphatic heterocycles. The molecule has 0 aliphatic carbocycles. The van der Waals surface area contributed by atoms with Gasteiger partial charge in [-0.2, -0.15) is 100 Å². The summed E-state index contributed by atoms with van der Waals surface area (Å²) < 4.78 is 30.2. The fraction of sp³-hybridized carbons (Fsp3) is 0.118. The van der Waals surface area contributed by atoms with Crippen molar-refractivity contribution in [2.75, 3.05) is 128 Å². The Kier molecular flexibility index (Phi) is 36.8. The summed E-state index contributed by atoms with van der Waals surface area (Å²) in [5.74, 6) is 7.70. The minimum atomic E-state index is -0.0213. The van der Waals surface area contributed by atoms with Gasteiger partial charge in [-0.25, -0.2) is 99.1 Å². The van der Waals surface area contributed by atoms with Gasteiger partial charge in [-0.05, 0) is 124 Å². The van der Waals surface area contributed by atoms with E-state index < -0.39 is 0 Å². The Morgan fingerprint density at radius 2 is 0.551 bits per heavy atom. The van der Waals surface area contributed by atoms with Crippen molar-refractivity contribution in [1.82, 2.24) is 72.5 Å². The van der Waals surface area contributed by atoms with Crippen LogP contribution in [0.3, 0.4) is 0 Å². The smallest absolute Gasteiger partial charge is 0.511 e. The van der Waals surface area contributed by atoms with Crippen molar-refractivity contribution in [2.45, 2.75) is 26.2 Å². The van der Waals surface area contributed by atoms with E-state index in [1.165, 1.54) is 5.56 Å². The number of fused-ring (bicyclic) bond motifs is 2. The van der Waals surface area contributed by atoms with E-state index in [2.05, 4.69) is 195 Å². The van der Waals surface area contributed by atoms with E-state index in [0.29, 0.717) is 57.5 Å². The number of ether oxygens (including phenoxy) is 5. The zero-order chi connectivity index (χ0) is 97.7. The first kappa shape index (κ1) is 109. The number of rotatable bonds is 21. The Morgan fingerprint density at radius 3 is 0.912 bits per heavy atom. The third kappa shape index (κ3) is 26.7. The van der Waals surface area contributed by atoms with Crippen molar-refractivity contribution >= 4 is 85.6 Å². The van der Waals surface area contributed by atoms with E-state index in [-0.39, 0.29) is 111 Å².